The second-order valence-electron chi connectivity index (χ2n) is 5.57. The van der Waals surface area contributed by atoms with Gasteiger partial charge in [0.05, 0.1) is 12.7 Å². The van der Waals surface area contributed by atoms with Crippen LogP contribution in [0.2, 0.25) is 0 Å². The van der Waals surface area contributed by atoms with E-state index in [0.717, 1.165) is 11.1 Å². The maximum Gasteiger partial charge on any atom is 0.200 e. The number of fused-ring (bicyclic) bond motifs is 1. The molecule has 2 aromatic carbocycles. The van der Waals surface area contributed by atoms with E-state index in [1.54, 1.807) is 31.4 Å². The fraction of sp³-hybridized carbons (Fsp3) is 0.158. The van der Waals surface area contributed by atoms with Crippen LogP contribution < -0.4 is 10.2 Å². The number of aromatic nitrogens is 1. The summed E-state index contributed by atoms with van der Waals surface area (Å²) >= 11 is 0. The van der Waals surface area contributed by atoms with Crippen molar-refractivity contribution in [1.82, 2.24) is 4.98 Å². The minimum absolute atomic E-state index is 0.133. The normalized spacial score (nSPS) is 10.7. The molecule has 23 heavy (non-hydrogen) atoms. The fourth-order valence-electron chi connectivity index (χ4n) is 2.53. The standard InChI is InChI=1S/C19H17NO3/c1-11-4-5-13(8-12(11)2)18(21)16-10-20-17-7-6-14(23-3)9-15(17)19(16)22/h4-10H,1-3H3,(H,20,22). The van der Waals surface area contributed by atoms with E-state index in [1.807, 2.05) is 26.0 Å². The van der Waals surface area contributed by atoms with Crippen LogP contribution >= 0.6 is 0 Å². The summed E-state index contributed by atoms with van der Waals surface area (Å²) in [6.07, 6.45) is 1.48. The first kappa shape index (κ1) is 15.0. The van der Waals surface area contributed by atoms with Gasteiger partial charge in [-0.1, -0.05) is 12.1 Å². The van der Waals surface area contributed by atoms with Crippen molar-refractivity contribution in [2.45, 2.75) is 13.8 Å². The Hall–Kier alpha value is -2.88. The number of hydrogen-bond acceptors (Lipinski definition) is 3. The zero-order chi connectivity index (χ0) is 16.6. The van der Waals surface area contributed by atoms with Crippen molar-refractivity contribution < 1.29 is 9.53 Å². The van der Waals surface area contributed by atoms with Gasteiger partial charge >= 0.3 is 0 Å². The highest BCUT2D eigenvalue weighted by Gasteiger charge is 2.16. The van der Waals surface area contributed by atoms with Crippen LogP contribution in [0.3, 0.4) is 0 Å². The molecule has 1 heterocycles. The molecule has 0 aliphatic rings. The predicted octanol–water partition coefficient (Wildman–Crippen LogP) is 3.38. The highest BCUT2D eigenvalue weighted by atomic mass is 16.5. The molecule has 0 amide bonds. The third kappa shape index (κ3) is 2.63. The monoisotopic (exact) mass is 307 g/mol. The molecule has 0 saturated carbocycles. The summed E-state index contributed by atoms with van der Waals surface area (Å²) in [4.78, 5) is 28.4. The van der Waals surface area contributed by atoms with Crippen molar-refractivity contribution in [3.63, 3.8) is 0 Å². The van der Waals surface area contributed by atoms with E-state index in [-0.39, 0.29) is 16.8 Å². The van der Waals surface area contributed by atoms with E-state index in [2.05, 4.69) is 4.98 Å². The summed E-state index contributed by atoms with van der Waals surface area (Å²) in [7, 11) is 1.54. The number of ether oxygens (including phenoxy) is 1. The average molecular weight is 307 g/mol. The van der Waals surface area contributed by atoms with Gasteiger partial charge in [0.15, 0.2) is 5.78 Å². The topological polar surface area (TPSA) is 59.2 Å². The number of methoxy groups -OCH3 is 1. The van der Waals surface area contributed by atoms with E-state index in [1.165, 1.54) is 6.20 Å². The van der Waals surface area contributed by atoms with Crippen molar-refractivity contribution in [2.24, 2.45) is 0 Å². The Bertz CT molecular complexity index is 970. The molecule has 0 fully saturated rings. The molecule has 0 aliphatic carbocycles. The first-order chi connectivity index (χ1) is 11.0. The number of rotatable bonds is 3. The molecule has 0 atom stereocenters. The van der Waals surface area contributed by atoms with Gasteiger partial charge in [-0.2, -0.15) is 0 Å². The van der Waals surface area contributed by atoms with Gasteiger partial charge in [0.25, 0.3) is 0 Å². The van der Waals surface area contributed by atoms with Gasteiger partial charge in [0, 0.05) is 22.7 Å². The minimum atomic E-state index is -0.291. The van der Waals surface area contributed by atoms with Gasteiger partial charge in [-0.05, 0) is 49.2 Å². The maximum atomic E-state index is 12.7. The predicted molar refractivity (Wildman–Crippen MR) is 90.5 cm³/mol. The van der Waals surface area contributed by atoms with E-state index < -0.39 is 0 Å². The average Bonchev–Trinajstić information content (AvgIpc) is 2.57. The van der Waals surface area contributed by atoms with Gasteiger partial charge in [0.2, 0.25) is 5.43 Å². The lowest BCUT2D eigenvalue weighted by Gasteiger charge is -2.07. The molecule has 3 rings (SSSR count). The molecule has 1 aromatic heterocycles. The lowest BCUT2D eigenvalue weighted by atomic mass is 9.99. The third-order valence-corrected chi connectivity index (χ3v) is 4.10. The minimum Gasteiger partial charge on any atom is -0.497 e. The van der Waals surface area contributed by atoms with E-state index in [9.17, 15) is 9.59 Å². The largest absolute Gasteiger partial charge is 0.497 e. The Morgan fingerprint density at radius 1 is 1.04 bits per heavy atom. The summed E-state index contributed by atoms with van der Waals surface area (Å²) in [5, 5.41) is 0.444. The molecule has 1 N–H and O–H groups in total. The van der Waals surface area contributed by atoms with Crippen molar-refractivity contribution in [1.29, 1.82) is 0 Å². The molecule has 4 heteroatoms. The van der Waals surface area contributed by atoms with Crippen LogP contribution in [0.4, 0.5) is 0 Å². The summed E-state index contributed by atoms with van der Waals surface area (Å²) < 4.78 is 5.15. The highest BCUT2D eigenvalue weighted by Crippen LogP contribution is 2.18. The first-order valence-electron chi connectivity index (χ1n) is 7.32. The van der Waals surface area contributed by atoms with Gasteiger partial charge in [-0.3, -0.25) is 9.59 Å². The van der Waals surface area contributed by atoms with Crippen molar-refractivity contribution in [2.75, 3.05) is 7.11 Å². The molecule has 3 aromatic rings. The zero-order valence-electron chi connectivity index (χ0n) is 13.3. The molecular weight excluding hydrogens is 290 g/mol. The third-order valence-electron chi connectivity index (χ3n) is 4.10. The number of aryl methyl sites for hydroxylation is 2. The van der Waals surface area contributed by atoms with Gasteiger partial charge in [0.1, 0.15) is 5.75 Å². The second kappa shape index (κ2) is 5.72. The molecule has 0 unspecified atom stereocenters. The Kier molecular flexibility index (Phi) is 3.74. The number of benzene rings is 2. The number of nitrogens with one attached hydrogen (secondary N) is 1. The Labute approximate surface area is 133 Å². The first-order valence-corrected chi connectivity index (χ1v) is 7.32. The molecular formula is C19H17NO3. The van der Waals surface area contributed by atoms with Crippen LogP contribution in [0.5, 0.6) is 5.75 Å². The summed E-state index contributed by atoms with van der Waals surface area (Å²) in [5.74, 6) is 0.304. The molecule has 4 nitrogen and oxygen atoms in total. The van der Waals surface area contributed by atoms with Crippen molar-refractivity contribution in [3.05, 3.63) is 75.1 Å². The van der Waals surface area contributed by atoms with E-state index in [4.69, 9.17) is 4.74 Å². The molecule has 0 bridgehead atoms. The fourth-order valence-corrected chi connectivity index (χ4v) is 2.53. The van der Waals surface area contributed by atoms with E-state index >= 15 is 0 Å². The number of H-pyrrole nitrogens is 1. The Morgan fingerprint density at radius 2 is 1.83 bits per heavy atom. The second-order valence-corrected chi connectivity index (χ2v) is 5.57. The van der Waals surface area contributed by atoms with Crippen molar-refractivity contribution in [3.8, 4) is 5.75 Å². The van der Waals surface area contributed by atoms with Gasteiger partial charge < -0.3 is 9.72 Å². The zero-order valence-corrected chi connectivity index (χ0v) is 13.3. The molecule has 0 aliphatic heterocycles. The SMILES string of the molecule is COc1ccc2[nH]cc(C(=O)c3ccc(C)c(C)c3)c(=O)c2c1. The maximum absolute atomic E-state index is 12.7. The lowest BCUT2D eigenvalue weighted by Crippen LogP contribution is -2.17. The molecule has 116 valence electrons. The quantitative estimate of drug-likeness (QED) is 0.755. The van der Waals surface area contributed by atoms with Crippen LogP contribution in [0.15, 0.2) is 47.4 Å². The number of carbonyl (C=O) groups excluding carboxylic acids is 1. The smallest absolute Gasteiger partial charge is 0.200 e. The summed E-state index contributed by atoms with van der Waals surface area (Å²) in [5.41, 5.74) is 3.16. The van der Waals surface area contributed by atoms with Crippen molar-refractivity contribution >= 4 is 16.7 Å². The summed E-state index contributed by atoms with van der Waals surface area (Å²) in [6.45, 7) is 3.93. The molecule has 0 spiro atoms. The van der Waals surface area contributed by atoms with Crippen LogP contribution in [-0.4, -0.2) is 17.9 Å². The number of pyridine rings is 1. The number of hydrogen-bond donors (Lipinski definition) is 1. The van der Waals surface area contributed by atoms with Crippen LogP contribution in [-0.2, 0) is 0 Å². The van der Waals surface area contributed by atoms with Gasteiger partial charge in [-0.25, -0.2) is 0 Å². The Morgan fingerprint density at radius 3 is 2.52 bits per heavy atom. The number of carbonyl (C=O) groups is 1. The van der Waals surface area contributed by atoms with E-state index in [0.29, 0.717) is 22.2 Å². The number of aromatic amines is 1. The van der Waals surface area contributed by atoms with Gasteiger partial charge in [-0.15, -0.1) is 0 Å². The Balaban J connectivity index is 2.15. The number of ketones is 1. The van der Waals surface area contributed by atoms with Crippen LogP contribution in [0.1, 0.15) is 27.0 Å². The lowest BCUT2D eigenvalue weighted by molar-refractivity contribution is 0.103. The highest BCUT2D eigenvalue weighted by molar-refractivity contribution is 6.10. The molecule has 0 saturated heterocycles. The van der Waals surface area contributed by atoms with Crippen LogP contribution in [0, 0.1) is 13.8 Å². The van der Waals surface area contributed by atoms with Crippen LogP contribution in [0.25, 0.3) is 10.9 Å². The molecule has 0 radical (unpaired) electrons. The summed E-state index contributed by atoms with van der Waals surface area (Å²) in [6, 6.07) is 10.6.